The molecule has 0 aromatic heterocycles. The number of carbonyl (C=O) groups excluding carboxylic acids is 2. The third kappa shape index (κ3) is 5.47. The molecule has 0 atom stereocenters. The van der Waals surface area contributed by atoms with Crippen molar-refractivity contribution in [2.45, 2.75) is 32.9 Å². The van der Waals surface area contributed by atoms with Crippen molar-refractivity contribution >= 4 is 34.8 Å². The van der Waals surface area contributed by atoms with Crippen molar-refractivity contribution in [3.05, 3.63) is 35.9 Å². The molecule has 0 radical (unpaired) electrons. The molecule has 1 saturated heterocycles. The predicted molar refractivity (Wildman–Crippen MR) is 100 cm³/mol. The van der Waals surface area contributed by atoms with Gasteiger partial charge in [0.25, 0.3) is 0 Å². The van der Waals surface area contributed by atoms with Gasteiger partial charge in [0.2, 0.25) is 0 Å². The van der Waals surface area contributed by atoms with Crippen LogP contribution in [0.15, 0.2) is 30.3 Å². The maximum absolute atomic E-state index is 12.6. The molecule has 0 unspecified atom stereocenters. The average Bonchev–Trinajstić information content (AvgIpc) is 2.99. The number of cyclic esters (lactones) is 1. The summed E-state index contributed by atoms with van der Waals surface area (Å²) in [6.07, 6.45) is -1.84. The molecule has 0 bridgehead atoms. The lowest BCUT2D eigenvalue weighted by molar-refractivity contribution is -0.0410. The Labute approximate surface area is 165 Å². The minimum atomic E-state index is -4.31. The van der Waals surface area contributed by atoms with Crippen LogP contribution >= 0.6 is 12.4 Å². The summed E-state index contributed by atoms with van der Waals surface area (Å²) in [5, 5.41) is 0. The van der Waals surface area contributed by atoms with E-state index in [1.54, 1.807) is 0 Å². The van der Waals surface area contributed by atoms with Gasteiger partial charge >= 0.3 is 22.4 Å². The maximum Gasteiger partial charge on any atom is 0.430 e. The first-order valence-corrected chi connectivity index (χ1v) is 9.40. The van der Waals surface area contributed by atoms with E-state index in [-0.39, 0.29) is 32.1 Å². The summed E-state index contributed by atoms with van der Waals surface area (Å²) in [6.45, 7) is 5.50. The van der Waals surface area contributed by atoms with Crippen LogP contribution in [0.25, 0.3) is 0 Å². The van der Waals surface area contributed by atoms with Crippen molar-refractivity contribution in [1.29, 1.82) is 0 Å². The highest BCUT2D eigenvalue weighted by Crippen LogP contribution is 2.20. The number of benzene rings is 1. The van der Waals surface area contributed by atoms with Crippen LogP contribution in [0.2, 0.25) is 0 Å². The van der Waals surface area contributed by atoms with E-state index in [9.17, 15) is 18.0 Å². The van der Waals surface area contributed by atoms with E-state index < -0.39 is 27.9 Å². The summed E-state index contributed by atoms with van der Waals surface area (Å²) >= 11 is 0. The topological polar surface area (TPSA) is 96.5 Å². The molecule has 0 saturated carbocycles. The van der Waals surface area contributed by atoms with E-state index in [0.717, 1.165) is 12.6 Å². The van der Waals surface area contributed by atoms with Gasteiger partial charge < -0.3 is 9.57 Å². The Morgan fingerprint density at radius 3 is 2.33 bits per heavy atom. The lowest BCUT2D eigenvalue weighted by Crippen LogP contribution is -2.49. The molecule has 1 heterocycles. The molecular formula is C16H24ClN3O6S. The first kappa shape index (κ1) is 23.0. The summed E-state index contributed by atoms with van der Waals surface area (Å²) in [5.41, 5.74) is 0.248. The molecule has 27 heavy (non-hydrogen) atoms. The van der Waals surface area contributed by atoms with Crippen LogP contribution in [-0.4, -0.2) is 60.0 Å². The highest BCUT2D eigenvalue weighted by Gasteiger charge is 2.39. The van der Waals surface area contributed by atoms with Gasteiger partial charge in [0.15, 0.2) is 0 Å². The second-order valence-corrected chi connectivity index (χ2v) is 8.55. The van der Waals surface area contributed by atoms with Crippen molar-refractivity contribution in [2.24, 2.45) is 0 Å². The minimum absolute atomic E-state index is 0. The third-order valence-electron chi connectivity index (χ3n) is 3.75. The number of hydrogen-bond acceptors (Lipinski definition) is 6. The summed E-state index contributed by atoms with van der Waals surface area (Å²) in [5.74, 6) is 0. The predicted octanol–water partition coefficient (Wildman–Crippen LogP) is 2.39. The molecule has 2 rings (SSSR count). The molecule has 1 aromatic carbocycles. The second kappa shape index (κ2) is 8.77. The third-order valence-corrected chi connectivity index (χ3v) is 5.36. The molecule has 1 aliphatic heterocycles. The molecule has 2 amide bonds. The number of amides is 2. The standard InChI is InChI=1S/C16H23N3O6S.ClH/c1-16(2,3)18(12-13-8-6-5-7-9-13)14(20)25-17(4)26(22,23)19-10-11-24-15(19)21;/h5-9H,10-12H2,1-4H3;1H. The maximum atomic E-state index is 12.6. The summed E-state index contributed by atoms with van der Waals surface area (Å²) in [7, 11) is -3.25. The first-order chi connectivity index (χ1) is 12.0. The fourth-order valence-electron chi connectivity index (χ4n) is 2.28. The van der Waals surface area contributed by atoms with E-state index >= 15 is 0 Å². The summed E-state index contributed by atoms with van der Waals surface area (Å²) < 4.78 is 30.2. The Morgan fingerprint density at radius 1 is 1.26 bits per heavy atom. The average molecular weight is 422 g/mol. The summed E-state index contributed by atoms with van der Waals surface area (Å²) in [4.78, 5) is 30.5. The zero-order chi connectivity index (χ0) is 19.5. The highest BCUT2D eigenvalue weighted by molar-refractivity contribution is 7.87. The molecular weight excluding hydrogens is 398 g/mol. The van der Waals surface area contributed by atoms with Crippen LogP contribution < -0.4 is 0 Å². The van der Waals surface area contributed by atoms with Crippen LogP contribution in [0.3, 0.4) is 0 Å². The number of carbonyl (C=O) groups is 2. The van der Waals surface area contributed by atoms with Crippen molar-refractivity contribution < 1.29 is 27.6 Å². The molecule has 0 aliphatic carbocycles. The van der Waals surface area contributed by atoms with Gasteiger partial charge in [0, 0.05) is 19.1 Å². The Bertz CT molecular complexity index is 766. The van der Waals surface area contributed by atoms with Crippen LogP contribution in [0, 0.1) is 0 Å². The van der Waals surface area contributed by atoms with Crippen molar-refractivity contribution in [3.63, 3.8) is 0 Å². The van der Waals surface area contributed by atoms with Gasteiger partial charge in [0.1, 0.15) is 6.61 Å². The Hall–Kier alpha value is -2.04. The normalized spacial score (nSPS) is 14.6. The number of rotatable bonds is 5. The van der Waals surface area contributed by atoms with E-state index in [1.807, 2.05) is 51.1 Å². The lowest BCUT2D eigenvalue weighted by atomic mass is 10.1. The fraction of sp³-hybridized carbons (Fsp3) is 0.500. The second-order valence-electron chi connectivity index (χ2n) is 6.70. The quantitative estimate of drug-likeness (QED) is 0.677. The van der Waals surface area contributed by atoms with Gasteiger partial charge in [-0.1, -0.05) is 30.3 Å². The number of hydrogen-bond donors (Lipinski definition) is 0. The molecule has 1 aromatic rings. The fourth-order valence-corrected chi connectivity index (χ4v) is 3.26. The van der Waals surface area contributed by atoms with E-state index in [1.165, 1.54) is 4.90 Å². The Balaban J connectivity index is 0.00000364. The van der Waals surface area contributed by atoms with Crippen LogP contribution in [0.1, 0.15) is 26.3 Å². The smallest absolute Gasteiger partial charge is 0.430 e. The van der Waals surface area contributed by atoms with Crippen molar-refractivity contribution in [3.8, 4) is 0 Å². The summed E-state index contributed by atoms with van der Waals surface area (Å²) in [6, 6.07) is 9.26. The van der Waals surface area contributed by atoms with Gasteiger partial charge in [-0.05, 0) is 30.8 Å². The zero-order valence-electron chi connectivity index (χ0n) is 15.6. The van der Waals surface area contributed by atoms with Crippen LogP contribution in [0.4, 0.5) is 9.59 Å². The van der Waals surface area contributed by atoms with Gasteiger partial charge in [-0.15, -0.1) is 12.4 Å². The van der Waals surface area contributed by atoms with Gasteiger partial charge in [-0.3, -0.25) is 4.90 Å². The van der Waals surface area contributed by atoms with Gasteiger partial charge in [-0.25, -0.2) is 9.59 Å². The van der Waals surface area contributed by atoms with Crippen LogP contribution in [0.5, 0.6) is 0 Å². The first-order valence-electron chi connectivity index (χ1n) is 8.00. The molecule has 11 heteroatoms. The van der Waals surface area contributed by atoms with E-state index in [2.05, 4.69) is 4.74 Å². The Kier molecular flexibility index (Phi) is 7.47. The monoisotopic (exact) mass is 421 g/mol. The van der Waals surface area contributed by atoms with Crippen molar-refractivity contribution in [2.75, 3.05) is 20.2 Å². The number of nitrogens with zero attached hydrogens (tertiary/aromatic N) is 3. The minimum Gasteiger partial charge on any atom is -0.447 e. The molecule has 0 N–H and O–H groups in total. The zero-order valence-corrected chi connectivity index (χ0v) is 17.2. The highest BCUT2D eigenvalue weighted by atomic mass is 35.5. The molecule has 9 nitrogen and oxygen atoms in total. The lowest BCUT2D eigenvalue weighted by Gasteiger charge is -2.35. The SMILES string of the molecule is CN(OC(=O)N(Cc1ccccc1)C(C)(C)C)S(=O)(=O)N1CCOC1=O.Cl. The van der Waals surface area contributed by atoms with Crippen LogP contribution in [-0.2, 0) is 26.3 Å². The number of halogens is 1. The van der Waals surface area contributed by atoms with Gasteiger partial charge in [0.05, 0.1) is 6.54 Å². The van der Waals surface area contributed by atoms with E-state index in [0.29, 0.717) is 8.77 Å². The Morgan fingerprint density at radius 2 is 1.85 bits per heavy atom. The molecule has 1 fully saturated rings. The molecule has 152 valence electrons. The van der Waals surface area contributed by atoms with Crippen molar-refractivity contribution in [1.82, 2.24) is 13.7 Å². The number of ether oxygens (including phenoxy) is 1. The molecule has 1 aliphatic rings. The van der Waals surface area contributed by atoms with Gasteiger partial charge in [-0.2, -0.15) is 12.7 Å². The number of hydroxylamine groups is 1. The largest absolute Gasteiger partial charge is 0.447 e. The van der Waals surface area contributed by atoms with E-state index in [4.69, 9.17) is 4.84 Å². The molecule has 0 spiro atoms.